The van der Waals surface area contributed by atoms with E-state index in [0.717, 1.165) is 29.7 Å². The van der Waals surface area contributed by atoms with Gasteiger partial charge >= 0.3 is 0 Å². The molecule has 5 nitrogen and oxygen atoms in total. The first kappa shape index (κ1) is 21.3. The molecule has 1 unspecified atom stereocenters. The summed E-state index contributed by atoms with van der Waals surface area (Å²) in [6, 6.07) is 11.0. The number of amides is 2. The van der Waals surface area contributed by atoms with Crippen LogP contribution in [0.1, 0.15) is 41.6 Å². The fourth-order valence-corrected chi connectivity index (χ4v) is 4.26. The normalized spacial score (nSPS) is 17.6. The van der Waals surface area contributed by atoms with Crippen molar-refractivity contribution in [3.05, 3.63) is 64.5 Å². The average Bonchev–Trinajstić information content (AvgIpc) is 2.70. The molecule has 0 fully saturated rings. The summed E-state index contributed by atoms with van der Waals surface area (Å²) in [5, 5.41) is 5.94. The van der Waals surface area contributed by atoms with E-state index in [1.54, 1.807) is 11.0 Å². The molecule has 2 amide bonds. The van der Waals surface area contributed by atoms with Crippen LogP contribution in [0.4, 0.5) is 10.1 Å². The van der Waals surface area contributed by atoms with Crippen molar-refractivity contribution in [2.75, 3.05) is 18.4 Å². The highest BCUT2D eigenvalue weighted by Crippen LogP contribution is 2.33. The van der Waals surface area contributed by atoms with Crippen molar-refractivity contribution >= 4 is 29.9 Å². The van der Waals surface area contributed by atoms with Crippen molar-refractivity contribution in [2.24, 2.45) is 0 Å². The molecule has 0 aromatic heterocycles. The number of carbonyl (C=O) groups is 2. The molecule has 0 aliphatic carbocycles. The van der Waals surface area contributed by atoms with Gasteiger partial charge in [0.15, 0.2) is 0 Å². The molecule has 0 bridgehead atoms. The first-order chi connectivity index (χ1) is 13.5. The van der Waals surface area contributed by atoms with Gasteiger partial charge in [0, 0.05) is 20.0 Å². The lowest BCUT2D eigenvalue weighted by Gasteiger charge is -2.36. The number of anilines is 1. The SMILES string of the molecule is CC(=O)N1CCc2ccccc2C1CC(=O)Nc1ccc2c(c1F)CCNC2.Cl. The van der Waals surface area contributed by atoms with Crippen molar-refractivity contribution in [1.29, 1.82) is 0 Å². The fraction of sp³-hybridized carbons (Fsp3) is 0.364. The Morgan fingerprint density at radius 2 is 1.97 bits per heavy atom. The van der Waals surface area contributed by atoms with Gasteiger partial charge in [-0.05, 0) is 47.7 Å². The highest BCUT2D eigenvalue weighted by atomic mass is 35.5. The van der Waals surface area contributed by atoms with Gasteiger partial charge < -0.3 is 15.5 Å². The van der Waals surface area contributed by atoms with Crippen LogP contribution in [0, 0.1) is 5.82 Å². The van der Waals surface area contributed by atoms with Crippen LogP contribution in [0.15, 0.2) is 36.4 Å². The van der Waals surface area contributed by atoms with E-state index in [2.05, 4.69) is 10.6 Å². The Kier molecular flexibility index (Phi) is 6.55. The number of rotatable bonds is 3. The Morgan fingerprint density at radius 3 is 2.76 bits per heavy atom. The number of halogens is 2. The Hall–Kier alpha value is -2.44. The van der Waals surface area contributed by atoms with E-state index in [4.69, 9.17) is 0 Å². The summed E-state index contributed by atoms with van der Waals surface area (Å²) in [7, 11) is 0. The van der Waals surface area contributed by atoms with E-state index in [9.17, 15) is 14.0 Å². The zero-order valence-corrected chi connectivity index (χ0v) is 17.2. The van der Waals surface area contributed by atoms with Crippen LogP contribution in [0.5, 0.6) is 0 Å². The lowest BCUT2D eigenvalue weighted by atomic mass is 9.90. The lowest BCUT2D eigenvalue weighted by Crippen LogP contribution is -2.40. The third-order valence-electron chi connectivity index (χ3n) is 5.68. The first-order valence-electron chi connectivity index (χ1n) is 9.70. The molecule has 1 atom stereocenters. The highest BCUT2D eigenvalue weighted by Gasteiger charge is 2.31. The number of nitrogens with one attached hydrogen (secondary N) is 2. The summed E-state index contributed by atoms with van der Waals surface area (Å²) < 4.78 is 14.8. The Balaban J connectivity index is 0.00000240. The minimum Gasteiger partial charge on any atom is -0.335 e. The number of hydrogen-bond acceptors (Lipinski definition) is 3. The van der Waals surface area contributed by atoms with Crippen LogP contribution >= 0.6 is 12.4 Å². The molecule has 2 aliphatic rings. The Labute approximate surface area is 176 Å². The zero-order chi connectivity index (χ0) is 19.7. The van der Waals surface area contributed by atoms with Crippen LogP contribution < -0.4 is 10.6 Å². The van der Waals surface area contributed by atoms with Crippen LogP contribution in [0.25, 0.3) is 0 Å². The predicted molar refractivity (Wildman–Crippen MR) is 113 cm³/mol. The Bertz CT molecular complexity index is 934. The second-order valence-electron chi connectivity index (χ2n) is 7.42. The van der Waals surface area contributed by atoms with Crippen LogP contribution in [0.2, 0.25) is 0 Å². The van der Waals surface area contributed by atoms with Crippen molar-refractivity contribution in [1.82, 2.24) is 10.2 Å². The minimum atomic E-state index is -0.347. The molecule has 0 saturated carbocycles. The van der Waals surface area contributed by atoms with Gasteiger partial charge in [-0.3, -0.25) is 9.59 Å². The van der Waals surface area contributed by atoms with Gasteiger partial charge in [-0.2, -0.15) is 0 Å². The molecule has 0 radical (unpaired) electrons. The highest BCUT2D eigenvalue weighted by molar-refractivity contribution is 5.92. The van der Waals surface area contributed by atoms with E-state index in [-0.39, 0.29) is 48.2 Å². The topological polar surface area (TPSA) is 61.4 Å². The molecule has 2 aromatic rings. The number of nitrogens with zero attached hydrogens (tertiary/aromatic N) is 1. The summed E-state index contributed by atoms with van der Waals surface area (Å²) in [5.41, 5.74) is 3.97. The molecule has 2 N–H and O–H groups in total. The molecular formula is C22H25ClFN3O2. The van der Waals surface area contributed by atoms with Crippen LogP contribution in [0.3, 0.4) is 0 Å². The molecule has 0 saturated heterocycles. The van der Waals surface area contributed by atoms with Gasteiger partial charge in [0.05, 0.1) is 18.2 Å². The monoisotopic (exact) mass is 417 g/mol. The molecule has 4 rings (SSSR count). The summed E-state index contributed by atoms with van der Waals surface area (Å²) in [5.74, 6) is -0.694. The molecule has 154 valence electrons. The quantitative estimate of drug-likeness (QED) is 0.804. The summed E-state index contributed by atoms with van der Waals surface area (Å²) in [4.78, 5) is 26.6. The van der Waals surface area contributed by atoms with Gasteiger partial charge in [-0.1, -0.05) is 30.3 Å². The number of fused-ring (bicyclic) bond motifs is 2. The summed E-state index contributed by atoms with van der Waals surface area (Å²) in [6.07, 6.45) is 1.50. The standard InChI is InChI=1S/C22H24FN3O2.ClH/c1-14(27)26-11-9-15-4-2-3-5-17(15)20(26)12-21(28)25-19-7-6-16-13-24-10-8-18(16)22(19)23;/h2-7,20,24H,8-13H2,1H3,(H,25,28);1H. The van der Waals surface area contributed by atoms with E-state index in [1.807, 2.05) is 30.3 Å². The second kappa shape index (κ2) is 8.93. The average molecular weight is 418 g/mol. The predicted octanol–water partition coefficient (Wildman–Crippen LogP) is 3.37. The van der Waals surface area contributed by atoms with E-state index in [0.29, 0.717) is 25.1 Å². The fourth-order valence-electron chi connectivity index (χ4n) is 4.26. The largest absolute Gasteiger partial charge is 0.335 e. The van der Waals surface area contributed by atoms with Gasteiger partial charge in [0.25, 0.3) is 0 Å². The summed E-state index contributed by atoms with van der Waals surface area (Å²) >= 11 is 0. The van der Waals surface area contributed by atoms with E-state index in [1.165, 1.54) is 6.92 Å². The maximum absolute atomic E-state index is 14.8. The van der Waals surface area contributed by atoms with E-state index >= 15 is 0 Å². The molecule has 29 heavy (non-hydrogen) atoms. The van der Waals surface area contributed by atoms with Crippen molar-refractivity contribution < 1.29 is 14.0 Å². The lowest BCUT2D eigenvalue weighted by molar-refractivity contribution is -0.132. The van der Waals surface area contributed by atoms with Crippen LogP contribution in [-0.2, 0) is 29.0 Å². The maximum Gasteiger partial charge on any atom is 0.226 e. The maximum atomic E-state index is 14.8. The van der Waals surface area contributed by atoms with Gasteiger partial charge in [-0.25, -0.2) is 4.39 Å². The minimum absolute atomic E-state index is 0. The molecule has 2 aromatic carbocycles. The molecular weight excluding hydrogens is 393 g/mol. The molecule has 7 heteroatoms. The zero-order valence-electron chi connectivity index (χ0n) is 16.3. The van der Waals surface area contributed by atoms with Gasteiger partial charge in [-0.15, -0.1) is 12.4 Å². The van der Waals surface area contributed by atoms with Crippen molar-refractivity contribution in [2.45, 2.75) is 38.8 Å². The van der Waals surface area contributed by atoms with Gasteiger partial charge in [0.2, 0.25) is 11.8 Å². The number of benzene rings is 2. The van der Waals surface area contributed by atoms with Gasteiger partial charge in [0.1, 0.15) is 5.82 Å². The molecule has 0 spiro atoms. The third-order valence-corrected chi connectivity index (χ3v) is 5.68. The number of hydrogen-bond donors (Lipinski definition) is 2. The second-order valence-corrected chi connectivity index (χ2v) is 7.42. The number of carbonyl (C=O) groups excluding carboxylic acids is 2. The molecule has 2 aliphatic heterocycles. The smallest absolute Gasteiger partial charge is 0.226 e. The molecule has 2 heterocycles. The van der Waals surface area contributed by atoms with Crippen molar-refractivity contribution in [3.63, 3.8) is 0 Å². The van der Waals surface area contributed by atoms with E-state index < -0.39 is 0 Å². The summed E-state index contributed by atoms with van der Waals surface area (Å²) in [6.45, 7) is 3.49. The van der Waals surface area contributed by atoms with Crippen molar-refractivity contribution in [3.8, 4) is 0 Å². The first-order valence-corrected chi connectivity index (χ1v) is 9.70. The third kappa shape index (κ3) is 4.28. The van der Waals surface area contributed by atoms with Crippen LogP contribution in [-0.4, -0.2) is 29.8 Å². The Morgan fingerprint density at radius 1 is 1.17 bits per heavy atom.